The van der Waals surface area contributed by atoms with Crippen LogP contribution in [0.1, 0.15) is 35.9 Å². The van der Waals surface area contributed by atoms with Crippen molar-refractivity contribution < 1.29 is 9.59 Å². The average molecular weight is 344 g/mol. The van der Waals surface area contributed by atoms with Gasteiger partial charge < -0.3 is 15.5 Å². The number of nitrogens with one attached hydrogen (secondary N) is 2. The van der Waals surface area contributed by atoms with Gasteiger partial charge in [0, 0.05) is 18.6 Å². The molecule has 2 aliphatic heterocycles. The van der Waals surface area contributed by atoms with Gasteiger partial charge in [-0.25, -0.2) is 0 Å². The molecule has 0 aromatic carbocycles. The van der Waals surface area contributed by atoms with Gasteiger partial charge in [0.05, 0.1) is 4.88 Å². The summed E-state index contributed by atoms with van der Waals surface area (Å²) in [7, 11) is 0. The molecule has 2 saturated heterocycles. The molecule has 0 spiro atoms. The molecule has 0 radical (unpaired) electrons. The third-order valence-electron chi connectivity index (χ3n) is 4.37. The molecular weight excluding hydrogens is 322 g/mol. The second-order valence-electron chi connectivity index (χ2n) is 5.80. The Labute approximate surface area is 140 Å². The number of carbonyl (C=O) groups is 2. The van der Waals surface area contributed by atoms with Crippen molar-refractivity contribution in [3.05, 3.63) is 22.4 Å². The molecule has 1 aromatic rings. The number of carbonyl (C=O) groups excluding carboxylic acids is 2. The standard InChI is InChI=1S/C15H21N3O2S.ClH/c1-10(17-14(19)13-3-2-8-21-13)15(20)18-11-4-5-12(18)9-16-7-6-11;/h2-3,8,10-12,16H,4-7,9H2,1H3,(H,17,19);1H. The first-order chi connectivity index (χ1) is 10.2. The molecule has 3 rings (SSSR count). The molecule has 22 heavy (non-hydrogen) atoms. The number of hydrogen-bond donors (Lipinski definition) is 2. The number of fused-ring (bicyclic) bond motifs is 2. The van der Waals surface area contributed by atoms with Gasteiger partial charge in [0.2, 0.25) is 5.91 Å². The number of hydrogen-bond acceptors (Lipinski definition) is 4. The van der Waals surface area contributed by atoms with Crippen LogP contribution in [0.25, 0.3) is 0 Å². The highest BCUT2D eigenvalue weighted by molar-refractivity contribution is 7.12. The van der Waals surface area contributed by atoms with Gasteiger partial charge in [-0.15, -0.1) is 23.7 Å². The molecule has 2 amide bonds. The number of amides is 2. The fourth-order valence-electron chi connectivity index (χ4n) is 3.30. The Kier molecular flexibility index (Phi) is 5.83. The molecule has 2 N–H and O–H groups in total. The van der Waals surface area contributed by atoms with Gasteiger partial charge in [0.1, 0.15) is 6.04 Å². The Bertz CT molecular complexity index is 509. The van der Waals surface area contributed by atoms with E-state index in [0.29, 0.717) is 10.9 Å². The van der Waals surface area contributed by atoms with Gasteiger partial charge in [-0.3, -0.25) is 9.59 Å². The second kappa shape index (κ2) is 7.44. The Hall–Kier alpha value is -1.11. The van der Waals surface area contributed by atoms with Gasteiger partial charge in [-0.2, -0.15) is 0 Å². The van der Waals surface area contributed by atoms with E-state index in [2.05, 4.69) is 10.6 Å². The summed E-state index contributed by atoms with van der Waals surface area (Å²) in [4.78, 5) is 27.4. The van der Waals surface area contributed by atoms with E-state index in [1.54, 1.807) is 13.0 Å². The van der Waals surface area contributed by atoms with Crippen molar-refractivity contribution in [3.8, 4) is 0 Å². The SMILES string of the molecule is CC(NC(=O)c1cccs1)C(=O)N1C2CCNCC1CC2.Cl. The van der Waals surface area contributed by atoms with Crippen LogP contribution < -0.4 is 10.6 Å². The molecular formula is C15H22ClN3O2S. The van der Waals surface area contributed by atoms with Gasteiger partial charge >= 0.3 is 0 Å². The molecule has 122 valence electrons. The smallest absolute Gasteiger partial charge is 0.261 e. The summed E-state index contributed by atoms with van der Waals surface area (Å²) in [6.07, 6.45) is 3.16. The zero-order valence-corrected chi connectivity index (χ0v) is 14.2. The lowest BCUT2D eigenvalue weighted by molar-refractivity contribution is -0.135. The third-order valence-corrected chi connectivity index (χ3v) is 5.24. The van der Waals surface area contributed by atoms with E-state index in [1.807, 2.05) is 16.3 Å². The van der Waals surface area contributed by atoms with Crippen molar-refractivity contribution in [1.29, 1.82) is 0 Å². The van der Waals surface area contributed by atoms with Crippen LogP contribution in [-0.2, 0) is 4.79 Å². The van der Waals surface area contributed by atoms with Crippen LogP contribution in [0.15, 0.2) is 17.5 Å². The van der Waals surface area contributed by atoms with Crippen LogP contribution in [0.2, 0.25) is 0 Å². The molecule has 2 aliphatic rings. The lowest BCUT2D eigenvalue weighted by Crippen LogP contribution is -2.51. The summed E-state index contributed by atoms with van der Waals surface area (Å²) in [6.45, 7) is 3.63. The molecule has 1 aromatic heterocycles. The summed E-state index contributed by atoms with van der Waals surface area (Å²) in [5.74, 6) is -0.109. The lowest BCUT2D eigenvalue weighted by atomic mass is 10.1. The Morgan fingerprint density at radius 1 is 1.36 bits per heavy atom. The minimum absolute atomic E-state index is 0. The minimum Gasteiger partial charge on any atom is -0.340 e. The summed E-state index contributed by atoms with van der Waals surface area (Å²) in [5.41, 5.74) is 0. The van der Waals surface area contributed by atoms with E-state index in [0.717, 1.165) is 32.4 Å². The number of thiophene rings is 1. The summed E-state index contributed by atoms with van der Waals surface area (Å²) in [5, 5.41) is 8.08. The number of nitrogens with zero attached hydrogens (tertiary/aromatic N) is 1. The maximum absolute atomic E-state index is 12.7. The third kappa shape index (κ3) is 3.45. The molecule has 3 heterocycles. The largest absolute Gasteiger partial charge is 0.340 e. The molecule has 0 saturated carbocycles. The highest BCUT2D eigenvalue weighted by Gasteiger charge is 2.39. The average Bonchev–Trinajstić information content (AvgIpc) is 3.05. The summed E-state index contributed by atoms with van der Waals surface area (Å²) < 4.78 is 0. The normalized spacial score (nSPS) is 25.0. The summed E-state index contributed by atoms with van der Waals surface area (Å²) in [6, 6.07) is 3.76. The quantitative estimate of drug-likeness (QED) is 0.877. The highest BCUT2D eigenvalue weighted by atomic mass is 35.5. The van der Waals surface area contributed by atoms with Crippen LogP contribution in [0.5, 0.6) is 0 Å². The van der Waals surface area contributed by atoms with Gasteiger partial charge in [0.15, 0.2) is 0 Å². The van der Waals surface area contributed by atoms with E-state index in [9.17, 15) is 9.59 Å². The van der Waals surface area contributed by atoms with Crippen LogP contribution in [-0.4, -0.2) is 47.9 Å². The van der Waals surface area contributed by atoms with Crippen LogP contribution in [0, 0.1) is 0 Å². The minimum atomic E-state index is -0.471. The number of halogens is 1. The van der Waals surface area contributed by atoms with Gasteiger partial charge in [-0.05, 0) is 44.2 Å². The fraction of sp³-hybridized carbons (Fsp3) is 0.600. The van der Waals surface area contributed by atoms with Crippen LogP contribution >= 0.6 is 23.7 Å². The van der Waals surface area contributed by atoms with Crippen molar-refractivity contribution in [2.24, 2.45) is 0 Å². The zero-order valence-electron chi connectivity index (χ0n) is 12.6. The summed E-state index contributed by atoms with van der Waals surface area (Å²) >= 11 is 1.39. The molecule has 3 unspecified atom stereocenters. The van der Waals surface area contributed by atoms with E-state index in [1.165, 1.54) is 11.3 Å². The van der Waals surface area contributed by atoms with Crippen molar-refractivity contribution in [2.45, 2.75) is 44.3 Å². The Balaban J connectivity index is 0.00000176. The van der Waals surface area contributed by atoms with Crippen molar-refractivity contribution >= 4 is 35.6 Å². The van der Waals surface area contributed by atoms with E-state index in [4.69, 9.17) is 0 Å². The van der Waals surface area contributed by atoms with E-state index >= 15 is 0 Å². The maximum Gasteiger partial charge on any atom is 0.261 e. The topological polar surface area (TPSA) is 61.4 Å². The van der Waals surface area contributed by atoms with Gasteiger partial charge in [-0.1, -0.05) is 6.07 Å². The number of rotatable bonds is 3. The lowest BCUT2D eigenvalue weighted by Gasteiger charge is -2.30. The second-order valence-corrected chi connectivity index (χ2v) is 6.74. The van der Waals surface area contributed by atoms with Gasteiger partial charge in [0.25, 0.3) is 5.91 Å². The molecule has 2 bridgehead atoms. The monoisotopic (exact) mass is 343 g/mol. The predicted molar refractivity (Wildman–Crippen MR) is 89.6 cm³/mol. The predicted octanol–water partition coefficient (Wildman–Crippen LogP) is 1.64. The highest BCUT2D eigenvalue weighted by Crippen LogP contribution is 2.28. The Morgan fingerprint density at radius 3 is 2.86 bits per heavy atom. The maximum atomic E-state index is 12.7. The van der Waals surface area contributed by atoms with Crippen molar-refractivity contribution in [3.63, 3.8) is 0 Å². The molecule has 5 nitrogen and oxygen atoms in total. The molecule has 0 aliphatic carbocycles. The Morgan fingerprint density at radius 2 is 2.14 bits per heavy atom. The molecule has 2 fully saturated rings. The van der Waals surface area contributed by atoms with Crippen molar-refractivity contribution in [2.75, 3.05) is 13.1 Å². The van der Waals surface area contributed by atoms with Crippen LogP contribution in [0.4, 0.5) is 0 Å². The first kappa shape index (κ1) is 17.2. The first-order valence-corrected chi connectivity index (χ1v) is 8.42. The first-order valence-electron chi connectivity index (χ1n) is 7.54. The van der Waals surface area contributed by atoms with Crippen molar-refractivity contribution in [1.82, 2.24) is 15.5 Å². The molecule has 7 heteroatoms. The van der Waals surface area contributed by atoms with E-state index < -0.39 is 6.04 Å². The molecule has 3 atom stereocenters. The van der Waals surface area contributed by atoms with E-state index in [-0.39, 0.29) is 30.3 Å². The zero-order chi connectivity index (χ0) is 14.8. The fourth-order valence-corrected chi connectivity index (χ4v) is 3.93. The van der Waals surface area contributed by atoms with Crippen LogP contribution in [0.3, 0.4) is 0 Å².